The van der Waals surface area contributed by atoms with Crippen LogP contribution in [0.1, 0.15) is 24.6 Å². The Hall–Kier alpha value is -1.87. The molecule has 3 rings (SSSR count). The van der Waals surface area contributed by atoms with E-state index in [1.807, 2.05) is 6.20 Å². The van der Waals surface area contributed by atoms with Crippen LogP contribution in [0, 0.1) is 5.92 Å². The highest BCUT2D eigenvalue weighted by atomic mass is 15.0. The maximum atomic E-state index is 4.02. The fraction of sp³-hybridized carbons (Fsp3) is 0.312. The number of hydrogen-bond acceptors (Lipinski definition) is 2. The Morgan fingerprint density at radius 2 is 2.26 bits per heavy atom. The molecule has 1 aromatic carbocycles. The molecule has 2 aromatic rings. The van der Waals surface area contributed by atoms with Crippen LogP contribution in [0.3, 0.4) is 0 Å². The molecule has 0 radical (unpaired) electrons. The smallest absolute Gasteiger partial charge is 0.0922 e. The van der Waals surface area contributed by atoms with Crippen LogP contribution in [0.5, 0.6) is 0 Å². The van der Waals surface area contributed by atoms with Crippen molar-refractivity contribution in [3.05, 3.63) is 59.7 Å². The fourth-order valence-corrected chi connectivity index (χ4v) is 2.47. The standard InChI is InChI=1S/C16H19N3/c1-12(7-13-5-3-2-4-6-13)15-8-16(15)18-10-14-9-17-11-19-14/h2-7,9,11,15-16,18H,8,10H2,1H3,(H,17,19). The van der Waals surface area contributed by atoms with E-state index >= 15 is 0 Å². The van der Waals surface area contributed by atoms with Gasteiger partial charge in [0.25, 0.3) is 0 Å². The molecule has 19 heavy (non-hydrogen) atoms. The Morgan fingerprint density at radius 1 is 1.42 bits per heavy atom. The summed E-state index contributed by atoms with van der Waals surface area (Å²) in [6, 6.07) is 11.1. The molecule has 2 atom stereocenters. The second-order valence-corrected chi connectivity index (χ2v) is 5.21. The van der Waals surface area contributed by atoms with Crippen molar-refractivity contribution in [1.82, 2.24) is 15.3 Å². The topological polar surface area (TPSA) is 40.7 Å². The van der Waals surface area contributed by atoms with E-state index in [1.165, 1.54) is 17.6 Å². The molecule has 2 N–H and O–H groups in total. The van der Waals surface area contributed by atoms with Gasteiger partial charge in [0, 0.05) is 24.5 Å². The lowest BCUT2D eigenvalue weighted by Crippen LogP contribution is -2.18. The Kier molecular flexibility index (Phi) is 3.47. The number of aromatic amines is 1. The number of nitrogens with zero attached hydrogens (tertiary/aromatic N) is 1. The minimum Gasteiger partial charge on any atom is -0.347 e. The number of nitrogens with one attached hydrogen (secondary N) is 2. The lowest BCUT2D eigenvalue weighted by molar-refractivity contribution is 0.651. The molecular weight excluding hydrogens is 234 g/mol. The van der Waals surface area contributed by atoms with Crippen LogP contribution < -0.4 is 5.32 Å². The van der Waals surface area contributed by atoms with Crippen LogP contribution in [-0.4, -0.2) is 16.0 Å². The van der Waals surface area contributed by atoms with Crippen molar-refractivity contribution in [3.63, 3.8) is 0 Å². The van der Waals surface area contributed by atoms with Crippen LogP contribution in [0.2, 0.25) is 0 Å². The van der Waals surface area contributed by atoms with Gasteiger partial charge >= 0.3 is 0 Å². The third kappa shape index (κ3) is 3.12. The van der Waals surface area contributed by atoms with Gasteiger partial charge in [0.2, 0.25) is 0 Å². The quantitative estimate of drug-likeness (QED) is 0.860. The normalized spacial score (nSPS) is 22.5. The number of rotatable bonds is 5. The molecule has 3 heteroatoms. The molecule has 0 bridgehead atoms. The molecule has 1 aliphatic rings. The molecule has 0 amide bonds. The summed E-state index contributed by atoms with van der Waals surface area (Å²) < 4.78 is 0. The van der Waals surface area contributed by atoms with Gasteiger partial charge in [-0.3, -0.25) is 0 Å². The van der Waals surface area contributed by atoms with Crippen molar-refractivity contribution >= 4 is 6.08 Å². The molecule has 1 heterocycles. The zero-order valence-corrected chi connectivity index (χ0v) is 11.1. The van der Waals surface area contributed by atoms with Gasteiger partial charge in [0.15, 0.2) is 0 Å². The van der Waals surface area contributed by atoms with Gasteiger partial charge in [0.1, 0.15) is 0 Å². The van der Waals surface area contributed by atoms with Crippen LogP contribution in [0.15, 0.2) is 48.4 Å². The highest BCUT2D eigenvalue weighted by molar-refractivity contribution is 5.53. The molecule has 0 spiro atoms. The molecule has 1 saturated carbocycles. The predicted octanol–water partition coefficient (Wildman–Crippen LogP) is 2.99. The van der Waals surface area contributed by atoms with E-state index in [0.717, 1.165) is 12.2 Å². The fourth-order valence-electron chi connectivity index (χ4n) is 2.47. The van der Waals surface area contributed by atoms with Crippen molar-refractivity contribution in [2.45, 2.75) is 25.9 Å². The van der Waals surface area contributed by atoms with Gasteiger partial charge in [-0.1, -0.05) is 42.0 Å². The van der Waals surface area contributed by atoms with Crippen molar-refractivity contribution in [2.24, 2.45) is 5.92 Å². The van der Waals surface area contributed by atoms with E-state index in [0.29, 0.717) is 12.0 Å². The Bertz CT molecular complexity index is 543. The second-order valence-electron chi connectivity index (χ2n) is 5.21. The SMILES string of the molecule is CC(=Cc1ccccc1)C1CC1NCc1cnc[nH]1. The first-order valence-corrected chi connectivity index (χ1v) is 6.77. The highest BCUT2D eigenvalue weighted by Crippen LogP contribution is 2.38. The number of hydrogen-bond donors (Lipinski definition) is 2. The lowest BCUT2D eigenvalue weighted by atomic mass is 10.1. The third-order valence-corrected chi connectivity index (χ3v) is 3.68. The van der Waals surface area contributed by atoms with Crippen molar-refractivity contribution in [3.8, 4) is 0 Å². The van der Waals surface area contributed by atoms with E-state index < -0.39 is 0 Å². The van der Waals surface area contributed by atoms with E-state index in [9.17, 15) is 0 Å². The van der Waals surface area contributed by atoms with Gasteiger partial charge < -0.3 is 10.3 Å². The number of imidazole rings is 1. The molecule has 3 nitrogen and oxygen atoms in total. The summed E-state index contributed by atoms with van der Waals surface area (Å²) in [6.45, 7) is 3.11. The summed E-state index contributed by atoms with van der Waals surface area (Å²) in [5, 5.41) is 3.56. The molecule has 1 fully saturated rings. The molecule has 1 aromatic heterocycles. The molecule has 0 aliphatic heterocycles. The van der Waals surface area contributed by atoms with Crippen LogP contribution >= 0.6 is 0 Å². The molecule has 0 saturated heterocycles. The molecule has 2 unspecified atom stereocenters. The zero-order valence-electron chi connectivity index (χ0n) is 11.1. The number of benzene rings is 1. The third-order valence-electron chi connectivity index (χ3n) is 3.68. The minimum absolute atomic E-state index is 0.614. The van der Waals surface area contributed by atoms with Crippen molar-refractivity contribution in [2.75, 3.05) is 0 Å². The van der Waals surface area contributed by atoms with Gasteiger partial charge in [-0.05, 0) is 24.8 Å². The van der Waals surface area contributed by atoms with Crippen molar-refractivity contribution in [1.29, 1.82) is 0 Å². The summed E-state index contributed by atoms with van der Waals surface area (Å²) in [5.41, 5.74) is 3.91. The Balaban J connectivity index is 1.53. The zero-order chi connectivity index (χ0) is 13.1. The first kappa shape index (κ1) is 12.2. The van der Waals surface area contributed by atoms with Gasteiger partial charge in [-0.2, -0.15) is 0 Å². The summed E-state index contributed by atoms with van der Waals surface area (Å²) in [5.74, 6) is 0.683. The first-order valence-electron chi connectivity index (χ1n) is 6.77. The largest absolute Gasteiger partial charge is 0.347 e. The van der Waals surface area contributed by atoms with Gasteiger partial charge in [-0.15, -0.1) is 0 Å². The predicted molar refractivity (Wildman–Crippen MR) is 77.4 cm³/mol. The van der Waals surface area contributed by atoms with Crippen molar-refractivity contribution < 1.29 is 0 Å². The number of H-pyrrole nitrogens is 1. The minimum atomic E-state index is 0.614. The Labute approximate surface area is 113 Å². The summed E-state index contributed by atoms with van der Waals surface area (Å²) in [7, 11) is 0. The summed E-state index contributed by atoms with van der Waals surface area (Å²) in [6.07, 6.45) is 7.13. The molecule has 1 aliphatic carbocycles. The summed E-state index contributed by atoms with van der Waals surface area (Å²) in [4.78, 5) is 7.14. The monoisotopic (exact) mass is 253 g/mol. The Morgan fingerprint density at radius 3 is 3.00 bits per heavy atom. The lowest BCUT2D eigenvalue weighted by Gasteiger charge is -2.03. The maximum absolute atomic E-state index is 4.02. The van der Waals surface area contributed by atoms with E-state index in [1.54, 1.807) is 6.33 Å². The first-order chi connectivity index (χ1) is 9.33. The van der Waals surface area contributed by atoms with Gasteiger partial charge in [0.05, 0.1) is 6.33 Å². The average molecular weight is 253 g/mol. The average Bonchev–Trinajstić information content (AvgIpc) is 3.03. The van der Waals surface area contributed by atoms with E-state index in [-0.39, 0.29) is 0 Å². The van der Waals surface area contributed by atoms with Gasteiger partial charge in [-0.25, -0.2) is 4.98 Å². The van der Waals surface area contributed by atoms with E-state index in [4.69, 9.17) is 0 Å². The summed E-state index contributed by atoms with van der Waals surface area (Å²) >= 11 is 0. The van der Waals surface area contributed by atoms with Crippen LogP contribution in [0.25, 0.3) is 6.08 Å². The van der Waals surface area contributed by atoms with E-state index in [2.05, 4.69) is 58.6 Å². The maximum Gasteiger partial charge on any atom is 0.0922 e. The van der Waals surface area contributed by atoms with Crippen LogP contribution in [-0.2, 0) is 6.54 Å². The molecular formula is C16H19N3. The van der Waals surface area contributed by atoms with Crippen LogP contribution in [0.4, 0.5) is 0 Å². The second kappa shape index (κ2) is 5.41. The number of aromatic nitrogens is 2. The molecule has 98 valence electrons. The highest BCUT2D eigenvalue weighted by Gasteiger charge is 2.37.